The van der Waals surface area contributed by atoms with Gasteiger partial charge in [-0.3, -0.25) is 15.0 Å². The molecule has 2 aromatic rings. The first-order valence-electron chi connectivity index (χ1n) is 6.99. The van der Waals surface area contributed by atoms with Gasteiger partial charge >= 0.3 is 0 Å². The Morgan fingerprint density at radius 3 is 2.35 bits per heavy atom. The standard InChI is InChI=1S/C18H13ClN2O2/c19-14-9-11-15(12-10-14)21-18(23)16(17(22)20-21)8-4-7-13-5-2-1-3-6-13/h1-12H,(H,20,22)/b7-4+,16-8-. The third-order valence-corrected chi connectivity index (χ3v) is 3.58. The molecule has 4 nitrogen and oxygen atoms in total. The number of carbonyl (C=O) groups excluding carboxylic acids is 2. The summed E-state index contributed by atoms with van der Waals surface area (Å²) in [5, 5.41) is 1.77. The molecule has 0 saturated carbocycles. The van der Waals surface area contributed by atoms with E-state index in [4.69, 9.17) is 11.6 Å². The Morgan fingerprint density at radius 2 is 1.65 bits per heavy atom. The predicted octanol–water partition coefficient (Wildman–Crippen LogP) is 3.36. The highest BCUT2D eigenvalue weighted by atomic mass is 35.5. The quantitative estimate of drug-likeness (QED) is 0.695. The van der Waals surface area contributed by atoms with Gasteiger partial charge in [0.1, 0.15) is 5.57 Å². The van der Waals surface area contributed by atoms with E-state index in [1.54, 1.807) is 30.3 Å². The molecule has 1 N–H and O–H groups in total. The van der Waals surface area contributed by atoms with Gasteiger partial charge in [0.05, 0.1) is 5.69 Å². The van der Waals surface area contributed by atoms with Gasteiger partial charge in [-0.1, -0.05) is 54.1 Å². The highest BCUT2D eigenvalue weighted by Gasteiger charge is 2.33. The number of rotatable bonds is 3. The molecule has 1 fully saturated rings. The zero-order valence-corrected chi connectivity index (χ0v) is 12.8. The van der Waals surface area contributed by atoms with Crippen LogP contribution in [0.5, 0.6) is 0 Å². The molecule has 1 heterocycles. The largest absolute Gasteiger partial charge is 0.282 e. The first kappa shape index (κ1) is 15.1. The number of benzene rings is 2. The van der Waals surface area contributed by atoms with Crippen LogP contribution in [0.2, 0.25) is 5.02 Å². The van der Waals surface area contributed by atoms with Crippen LogP contribution in [-0.2, 0) is 9.59 Å². The number of hydrazine groups is 1. The summed E-state index contributed by atoms with van der Waals surface area (Å²) < 4.78 is 0. The number of amides is 2. The minimum Gasteiger partial charge on any atom is -0.267 e. The van der Waals surface area contributed by atoms with Crippen molar-refractivity contribution in [2.24, 2.45) is 0 Å². The van der Waals surface area contributed by atoms with E-state index < -0.39 is 11.8 Å². The number of allylic oxidation sites excluding steroid dienone is 2. The molecule has 0 atom stereocenters. The SMILES string of the molecule is O=C1NN(c2ccc(Cl)cc2)C(=O)/C1=C\C=C\c1ccccc1. The van der Waals surface area contributed by atoms with Crippen molar-refractivity contribution in [2.45, 2.75) is 0 Å². The van der Waals surface area contributed by atoms with E-state index in [1.807, 2.05) is 36.4 Å². The zero-order valence-electron chi connectivity index (χ0n) is 12.1. The van der Waals surface area contributed by atoms with E-state index in [2.05, 4.69) is 5.43 Å². The van der Waals surface area contributed by atoms with Crippen molar-refractivity contribution >= 4 is 35.2 Å². The Morgan fingerprint density at radius 1 is 0.957 bits per heavy atom. The minimum atomic E-state index is -0.428. The van der Waals surface area contributed by atoms with Gasteiger partial charge in [0.2, 0.25) is 0 Å². The normalized spacial score (nSPS) is 16.4. The van der Waals surface area contributed by atoms with Crippen molar-refractivity contribution in [3.8, 4) is 0 Å². The van der Waals surface area contributed by atoms with E-state index in [0.29, 0.717) is 10.7 Å². The molecule has 2 aromatic carbocycles. The molecule has 0 aliphatic carbocycles. The van der Waals surface area contributed by atoms with Crippen LogP contribution in [0.15, 0.2) is 72.3 Å². The number of hydrogen-bond donors (Lipinski definition) is 1. The highest BCUT2D eigenvalue weighted by molar-refractivity contribution is 6.31. The first-order valence-corrected chi connectivity index (χ1v) is 7.37. The summed E-state index contributed by atoms with van der Waals surface area (Å²) in [6, 6.07) is 16.3. The van der Waals surface area contributed by atoms with E-state index in [1.165, 1.54) is 11.1 Å². The molecule has 23 heavy (non-hydrogen) atoms. The fourth-order valence-electron chi connectivity index (χ4n) is 2.17. The number of nitrogens with one attached hydrogen (secondary N) is 1. The van der Waals surface area contributed by atoms with Crippen molar-refractivity contribution in [1.82, 2.24) is 5.43 Å². The summed E-state index contributed by atoms with van der Waals surface area (Å²) in [5.41, 5.74) is 4.18. The molecule has 0 spiro atoms. The van der Waals surface area contributed by atoms with Gasteiger partial charge in [0.15, 0.2) is 0 Å². The van der Waals surface area contributed by atoms with E-state index in [-0.39, 0.29) is 5.57 Å². The lowest BCUT2D eigenvalue weighted by Gasteiger charge is -2.14. The molecule has 2 amide bonds. The molecular weight excluding hydrogens is 312 g/mol. The lowest BCUT2D eigenvalue weighted by atomic mass is 10.2. The summed E-state index contributed by atoms with van der Waals surface area (Å²) in [6.07, 6.45) is 5.03. The second kappa shape index (κ2) is 6.50. The van der Waals surface area contributed by atoms with Crippen LogP contribution in [0.25, 0.3) is 6.08 Å². The minimum absolute atomic E-state index is 0.0899. The monoisotopic (exact) mass is 324 g/mol. The lowest BCUT2D eigenvalue weighted by Crippen LogP contribution is -2.35. The Labute approximate surface area is 138 Å². The van der Waals surface area contributed by atoms with Crippen LogP contribution in [0.1, 0.15) is 5.56 Å². The van der Waals surface area contributed by atoms with Gasteiger partial charge in [-0.25, -0.2) is 5.01 Å². The van der Waals surface area contributed by atoms with Crippen LogP contribution >= 0.6 is 11.6 Å². The third-order valence-electron chi connectivity index (χ3n) is 3.33. The second-order valence-corrected chi connectivity index (χ2v) is 5.34. The molecule has 0 unspecified atom stereocenters. The van der Waals surface area contributed by atoms with Crippen molar-refractivity contribution in [3.63, 3.8) is 0 Å². The summed E-state index contributed by atoms with van der Waals surface area (Å²) in [7, 11) is 0. The summed E-state index contributed by atoms with van der Waals surface area (Å²) in [4.78, 5) is 24.3. The average Bonchev–Trinajstić information content (AvgIpc) is 2.85. The Balaban J connectivity index is 1.80. The number of halogens is 1. The molecule has 5 heteroatoms. The van der Waals surface area contributed by atoms with E-state index in [0.717, 1.165) is 5.56 Å². The predicted molar refractivity (Wildman–Crippen MR) is 90.6 cm³/mol. The topological polar surface area (TPSA) is 49.4 Å². The Hall–Kier alpha value is -2.85. The van der Waals surface area contributed by atoms with E-state index >= 15 is 0 Å². The average molecular weight is 325 g/mol. The molecule has 114 valence electrons. The number of nitrogens with zero attached hydrogens (tertiary/aromatic N) is 1. The molecule has 1 aliphatic heterocycles. The molecule has 0 aromatic heterocycles. The molecule has 0 radical (unpaired) electrons. The van der Waals surface area contributed by atoms with Gasteiger partial charge in [-0.2, -0.15) is 0 Å². The molecule has 1 saturated heterocycles. The van der Waals surface area contributed by atoms with Crippen LogP contribution in [-0.4, -0.2) is 11.8 Å². The van der Waals surface area contributed by atoms with Crippen LogP contribution in [0.4, 0.5) is 5.69 Å². The van der Waals surface area contributed by atoms with Crippen LogP contribution in [0.3, 0.4) is 0 Å². The summed E-state index contributed by atoms with van der Waals surface area (Å²) in [5.74, 6) is -0.822. The van der Waals surface area contributed by atoms with Gasteiger partial charge in [-0.15, -0.1) is 0 Å². The van der Waals surface area contributed by atoms with Gasteiger partial charge in [-0.05, 0) is 35.9 Å². The Kier molecular flexibility index (Phi) is 4.26. The zero-order chi connectivity index (χ0) is 16.2. The number of anilines is 1. The van der Waals surface area contributed by atoms with Crippen molar-refractivity contribution in [3.05, 3.63) is 82.9 Å². The van der Waals surface area contributed by atoms with Gasteiger partial charge < -0.3 is 0 Å². The fourth-order valence-corrected chi connectivity index (χ4v) is 2.29. The molecule has 0 bridgehead atoms. The summed E-state index contributed by atoms with van der Waals surface area (Å²) in [6.45, 7) is 0. The highest BCUT2D eigenvalue weighted by Crippen LogP contribution is 2.21. The van der Waals surface area contributed by atoms with Gasteiger partial charge in [0, 0.05) is 5.02 Å². The first-order chi connectivity index (χ1) is 11.1. The van der Waals surface area contributed by atoms with Crippen molar-refractivity contribution < 1.29 is 9.59 Å². The Bertz CT molecular complexity index is 796. The third kappa shape index (κ3) is 3.33. The molecule has 3 rings (SSSR count). The van der Waals surface area contributed by atoms with E-state index in [9.17, 15) is 9.59 Å². The maximum absolute atomic E-state index is 12.4. The number of hydrogen-bond acceptors (Lipinski definition) is 2. The van der Waals surface area contributed by atoms with Gasteiger partial charge in [0.25, 0.3) is 11.8 Å². The fraction of sp³-hybridized carbons (Fsp3) is 0. The summed E-state index contributed by atoms with van der Waals surface area (Å²) >= 11 is 5.83. The maximum Gasteiger partial charge on any atom is 0.282 e. The van der Waals surface area contributed by atoms with Crippen molar-refractivity contribution in [2.75, 3.05) is 5.01 Å². The molecular formula is C18H13ClN2O2. The lowest BCUT2D eigenvalue weighted by molar-refractivity contribution is -0.117. The molecule has 1 aliphatic rings. The second-order valence-electron chi connectivity index (χ2n) is 4.91. The maximum atomic E-state index is 12.4. The smallest absolute Gasteiger partial charge is 0.267 e. The van der Waals surface area contributed by atoms with Crippen LogP contribution < -0.4 is 10.4 Å². The van der Waals surface area contributed by atoms with Crippen LogP contribution in [0, 0.1) is 0 Å². The number of carbonyl (C=O) groups is 2. The van der Waals surface area contributed by atoms with Crippen molar-refractivity contribution in [1.29, 1.82) is 0 Å².